The number of imidazole rings is 1. The van der Waals surface area contributed by atoms with Crippen molar-refractivity contribution in [2.45, 2.75) is 20.0 Å². The third-order valence-electron chi connectivity index (χ3n) is 2.87. The smallest absolute Gasteiger partial charge is 0.106 e. The average molecular weight is 344 g/mol. The summed E-state index contributed by atoms with van der Waals surface area (Å²) >= 11 is 5.26. The maximum atomic E-state index is 5.03. The van der Waals surface area contributed by atoms with Gasteiger partial charge in [-0.05, 0) is 35.0 Å². The standard InChI is InChI=1S/C13H18BrN3OS/c1-10-16-8-11(7-15-5-6-18-2)17(10)9-12-3-4-13(14)19-12/h3-4,8,15H,5-7,9H2,1-2H3. The molecule has 19 heavy (non-hydrogen) atoms. The maximum Gasteiger partial charge on any atom is 0.106 e. The van der Waals surface area contributed by atoms with Crippen molar-refractivity contribution in [3.63, 3.8) is 0 Å². The predicted octanol–water partition coefficient (Wildman–Crippen LogP) is 2.80. The van der Waals surface area contributed by atoms with Crippen molar-refractivity contribution in [3.05, 3.63) is 38.5 Å². The summed E-state index contributed by atoms with van der Waals surface area (Å²) in [6, 6.07) is 4.24. The number of halogens is 1. The maximum absolute atomic E-state index is 5.03. The average Bonchev–Trinajstić information content (AvgIpc) is 2.95. The van der Waals surface area contributed by atoms with Crippen LogP contribution in [-0.2, 0) is 17.8 Å². The summed E-state index contributed by atoms with van der Waals surface area (Å²) in [6.45, 7) is 5.32. The number of nitrogens with zero attached hydrogens (tertiary/aromatic N) is 2. The molecule has 1 N–H and O–H groups in total. The summed E-state index contributed by atoms with van der Waals surface area (Å²) in [5.41, 5.74) is 1.21. The highest BCUT2D eigenvalue weighted by Crippen LogP contribution is 2.23. The summed E-state index contributed by atoms with van der Waals surface area (Å²) in [5.74, 6) is 1.05. The molecule has 0 saturated heterocycles. The largest absolute Gasteiger partial charge is 0.383 e. The minimum absolute atomic E-state index is 0.727. The SMILES string of the molecule is COCCNCc1cnc(C)n1Cc1ccc(Br)s1. The molecule has 0 atom stereocenters. The summed E-state index contributed by atoms with van der Waals surface area (Å²) < 4.78 is 8.44. The fraction of sp³-hybridized carbons (Fsp3) is 0.462. The van der Waals surface area contributed by atoms with Crippen molar-refractivity contribution in [1.29, 1.82) is 0 Å². The van der Waals surface area contributed by atoms with Crippen molar-refractivity contribution in [2.24, 2.45) is 0 Å². The number of aryl methyl sites for hydroxylation is 1. The summed E-state index contributed by atoms with van der Waals surface area (Å²) in [7, 11) is 1.71. The molecule has 0 saturated carbocycles. The number of rotatable bonds is 7. The van der Waals surface area contributed by atoms with Crippen molar-refractivity contribution in [3.8, 4) is 0 Å². The van der Waals surface area contributed by atoms with E-state index < -0.39 is 0 Å². The van der Waals surface area contributed by atoms with Gasteiger partial charge in [-0.2, -0.15) is 0 Å². The molecule has 4 nitrogen and oxygen atoms in total. The summed E-state index contributed by atoms with van der Waals surface area (Å²) in [4.78, 5) is 5.73. The lowest BCUT2D eigenvalue weighted by molar-refractivity contribution is 0.199. The molecule has 0 spiro atoms. The molecule has 0 aromatic carbocycles. The Labute approximate surface area is 125 Å². The molecular formula is C13H18BrN3OS. The van der Waals surface area contributed by atoms with Gasteiger partial charge in [0.25, 0.3) is 0 Å². The Morgan fingerprint density at radius 2 is 2.32 bits per heavy atom. The van der Waals surface area contributed by atoms with Gasteiger partial charge < -0.3 is 14.6 Å². The van der Waals surface area contributed by atoms with Crippen LogP contribution in [0.5, 0.6) is 0 Å². The second kappa shape index (κ2) is 7.19. The Morgan fingerprint density at radius 1 is 1.47 bits per heavy atom. The number of hydrogen-bond acceptors (Lipinski definition) is 4. The first-order chi connectivity index (χ1) is 9.20. The van der Waals surface area contributed by atoms with Crippen LogP contribution in [0.1, 0.15) is 16.4 Å². The molecular weight excluding hydrogens is 326 g/mol. The van der Waals surface area contributed by atoms with Crippen LogP contribution in [0.25, 0.3) is 0 Å². The molecule has 0 aliphatic rings. The Hall–Kier alpha value is -0.690. The zero-order valence-corrected chi connectivity index (χ0v) is 13.6. The van der Waals surface area contributed by atoms with E-state index in [1.165, 1.54) is 14.4 Å². The molecule has 2 heterocycles. The zero-order valence-electron chi connectivity index (χ0n) is 11.1. The molecule has 2 aromatic heterocycles. The molecule has 2 rings (SSSR count). The molecule has 0 radical (unpaired) electrons. The van der Waals surface area contributed by atoms with Crippen LogP contribution in [0.2, 0.25) is 0 Å². The van der Waals surface area contributed by atoms with E-state index in [0.29, 0.717) is 0 Å². The van der Waals surface area contributed by atoms with Gasteiger partial charge in [0.15, 0.2) is 0 Å². The van der Waals surface area contributed by atoms with E-state index >= 15 is 0 Å². The van der Waals surface area contributed by atoms with Crippen LogP contribution in [-0.4, -0.2) is 29.8 Å². The highest BCUT2D eigenvalue weighted by molar-refractivity contribution is 9.11. The van der Waals surface area contributed by atoms with E-state index in [1.54, 1.807) is 18.4 Å². The number of aromatic nitrogens is 2. The second-order valence-corrected chi connectivity index (χ2v) is 6.81. The van der Waals surface area contributed by atoms with Gasteiger partial charge in [-0.1, -0.05) is 0 Å². The lowest BCUT2D eigenvalue weighted by atomic mass is 10.4. The van der Waals surface area contributed by atoms with E-state index in [1.807, 2.05) is 13.1 Å². The van der Waals surface area contributed by atoms with Gasteiger partial charge in [0.1, 0.15) is 5.82 Å². The van der Waals surface area contributed by atoms with Gasteiger partial charge in [-0.3, -0.25) is 0 Å². The first kappa shape index (κ1) is 14.7. The van der Waals surface area contributed by atoms with Crippen molar-refractivity contribution in [1.82, 2.24) is 14.9 Å². The topological polar surface area (TPSA) is 39.1 Å². The predicted molar refractivity (Wildman–Crippen MR) is 81.7 cm³/mol. The molecule has 0 aliphatic heterocycles. The molecule has 0 aliphatic carbocycles. The van der Waals surface area contributed by atoms with Crippen molar-refractivity contribution >= 4 is 27.3 Å². The highest BCUT2D eigenvalue weighted by Gasteiger charge is 2.08. The number of methoxy groups -OCH3 is 1. The Balaban J connectivity index is 2.00. The fourth-order valence-corrected chi connectivity index (χ4v) is 3.33. The Morgan fingerprint density at radius 3 is 3.00 bits per heavy atom. The number of ether oxygens (including phenoxy) is 1. The van der Waals surface area contributed by atoms with Crippen LogP contribution in [0, 0.1) is 6.92 Å². The van der Waals surface area contributed by atoms with Crippen molar-refractivity contribution < 1.29 is 4.74 Å². The quantitative estimate of drug-likeness (QED) is 0.785. The molecule has 0 fully saturated rings. The van der Waals surface area contributed by atoms with Gasteiger partial charge in [-0.25, -0.2) is 4.98 Å². The van der Waals surface area contributed by atoms with Crippen LogP contribution in [0.15, 0.2) is 22.1 Å². The monoisotopic (exact) mass is 343 g/mol. The van der Waals surface area contributed by atoms with E-state index in [4.69, 9.17) is 4.74 Å². The van der Waals surface area contributed by atoms with E-state index in [0.717, 1.165) is 32.1 Å². The molecule has 0 bridgehead atoms. The van der Waals surface area contributed by atoms with Crippen LogP contribution in [0.3, 0.4) is 0 Å². The Kier molecular flexibility index (Phi) is 5.57. The minimum Gasteiger partial charge on any atom is -0.383 e. The van der Waals surface area contributed by atoms with Crippen LogP contribution < -0.4 is 5.32 Å². The van der Waals surface area contributed by atoms with Gasteiger partial charge in [0, 0.05) is 31.3 Å². The lowest BCUT2D eigenvalue weighted by Crippen LogP contribution is -2.20. The van der Waals surface area contributed by atoms with E-state index in [2.05, 4.69) is 42.9 Å². The highest BCUT2D eigenvalue weighted by atomic mass is 79.9. The van der Waals surface area contributed by atoms with Crippen molar-refractivity contribution in [2.75, 3.05) is 20.3 Å². The normalized spacial score (nSPS) is 11.1. The molecule has 0 amide bonds. The lowest BCUT2D eigenvalue weighted by Gasteiger charge is -2.10. The third-order valence-corrected chi connectivity index (χ3v) is 4.48. The molecule has 104 valence electrons. The fourth-order valence-electron chi connectivity index (χ4n) is 1.86. The molecule has 2 aromatic rings. The molecule has 6 heteroatoms. The molecule has 0 unspecified atom stereocenters. The third kappa shape index (κ3) is 4.14. The second-order valence-electron chi connectivity index (χ2n) is 4.26. The van der Waals surface area contributed by atoms with Gasteiger partial charge in [-0.15, -0.1) is 11.3 Å². The Bertz CT molecular complexity index is 524. The minimum atomic E-state index is 0.727. The van der Waals surface area contributed by atoms with Gasteiger partial charge in [0.05, 0.1) is 22.6 Å². The van der Waals surface area contributed by atoms with Gasteiger partial charge >= 0.3 is 0 Å². The first-order valence-electron chi connectivity index (χ1n) is 6.15. The van der Waals surface area contributed by atoms with E-state index in [9.17, 15) is 0 Å². The van der Waals surface area contributed by atoms with Crippen LogP contribution >= 0.6 is 27.3 Å². The summed E-state index contributed by atoms with van der Waals surface area (Å²) in [6.07, 6.45) is 1.94. The van der Waals surface area contributed by atoms with Gasteiger partial charge in [0.2, 0.25) is 0 Å². The van der Waals surface area contributed by atoms with Crippen LogP contribution in [0.4, 0.5) is 0 Å². The number of hydrogen-bond donors (Lipinski definition) is 1. The number of nitrogens with one attached hydrogen (secondary N) is 1. The zero-order chi connectivity index (χ0) is 13.7. The first-order valence-corrected chi connectivity index (χ1v) is 7.76. The van der Waals surface area contributed by atoms with E-state index in [-0.39, 0.29) is 0 Å². The number of thiophene rings is 1. The summed E-state index contributed by atoms with van der Waals surface area (Å²) in [5, 5.41) is 3.36.